The number of unbranched alkanes of at least 4 members (excludes halogenated alkanes) is 4. The molecule has 3 aromatic rings. The molecule has 0 aliphatic rings. The fourth-order valence-electron chi connectivity index (χ4n) is 3.84. The van der Waals surface area contributed by atoms with Crippen LogP contribution in [0.3, 0.4) is 0 Å². The SMILES string of the molecule is C/C=C/CCc1ccc(C#Cc2ccc3cc(CCCCCCC)ccc3c2F)cc1. The van der Waals surface area contributed by atoms with Gasteiger partial charge in [0.25, 0.3) is 0 Å². The van der Waals surface area contributed by atoms with Gasteiger partial charge in [0, 0.05) is 10.9 Å². The van der Waals surface area contributed by atoms with Crippen LogP contribution in [0.1, 0.15) is 74.6 Å². The molecule has 0 aliphatic carbocycles. The first-order valence-electron chi connectivity index (χ1n) is 11.6. The zero-order valence-electron chi connectivity index (χ0n) is 18.9. The molecular formula is C30H33F. The Morgan fingerprint density at radius 3 is 2.35 bits per heavy atom. The van der Waals surface area contributed by atoms with Crippen LogP contribution in [-0.2, 0) is 12.8 Å². The summed E-state index contributed by atoms with van der Waals surface area (Å²) in [5, 5.41) is 1.61. The molecule has 0 saturated carbocycles. The zero-order chi connectivity index (χ0) is 21.9. The summed E-state index contributed by atoms with van der Waals surface area (Å²) in [6.45, 7) is 4.28. The lowest BCUT2D eigenvalue weighted by Gasteiger charge is -2.06. The van der Waals surface area contributed by atoms with Gasteiger partial charge in [-0.2, -0.15) is 0 Å². The third kappa shape index (κ3) is 6.83. The predicted octanol–water partition coefficient (Wildman–Crippen LogP) is 8.40. The van der Waals surface area contributed by atoms with Crippen molar-refractivity contribution in [1.29, 1.82) is 0 Å². The number of aryl methyl sites for hydroxylation is 2. The van der Waals surface area contributed by atoms with E-state index in [1.54, 1.807) is 6.07 Å². The number of fused-ring (bicyclic) bond motifs is 1. The van der Waals surface area contributed by atoms with Crippen molar-refractivity contribution < 1.29 is 4.39 Å². The first-order chi connectivity index (χ1) is 15.2. The topological polar surface area (TPSA) is 0 Å². The van der Waals surface area contributed by atoms with Crippen LogP contribution in [0.25, 0.3) is 10.8 Å². The number of benzene rings is 3. The first kappa shape index (κ1) is 22.8. The largest absolute Gasteiger partial charge is 0.205 e. The van der Waals surface area contributed by atoms with Gasteiger partial charge in [-0.15, -0.1) is 0 Å². The Balaban J connectivity index is 1.68. The Kier molecular flexibility index (Phi) is 8.92. The van der Waals surface area contributed by atoms with Crippen molar-refractivity contribution in [2.45, 2.75) is 65.2 Å². The quantitative estimate of drug-likeness (QED) is 0.188. The van der Waals surface area contributed by atoms with Crippen LogP contribution in [0.5, 0.6) is 0 Å². The number of hydrogen-bond acceptors (Lipinski definition) is 0. The van der Waals surface area contributed by atoms with Crippen LogP contribution in [0.15, 0.2) is 66.7 Å². The lowest BCUT2D eigenvalue weighted by atomic mass is 10.00. The molecule has 0 bridgehead atoms. The van der Waals surface area contributed by atoms with E-state index in [-0.39, 0.29) is 5.82 Å². The van der Waals surface area contributed by atoms with Crippen LogP contribution in [0.2, 0.25) is 0 Å². The van der Waals surface area contributed by atoms with E-state index in [1.807, 2.05) is 31.2 Å². The van der Waals surface area contributed by atoms with Crippen molar-refractivity contribution in [3.05, 3.63) is 94.8 Å². The second kappa shape index (κ2) is 12.1. The van der Waals surface area contributed by atoms with Crippen molar-refractivity contribution in [2.24, 2.45) is 0 Å². The highest BCUT2D eigenvalue weighted by atomic mass is 19.1. The molecule has 0 aromatic heterocycles. The van der Waals surface area contributed by atoms with Gasteiger partial charge in [-0.25, -0.2) is 4.39 Å². The molecule has 3 rings (SSSR count). The highest BCUT2D eigenvalue weighted by molar-refractivity contribution is 5.85. The van der Waals surface area contributed by atoms with E-state index in [0.717, 1.165) is 30.2 Å². The van der Waals surface area contributed by atoms with Crippen molar-refractivity contribution in [2.75, 3.05) is 0 Å². The van der Waals surface area contributed by atoms with Crippen molar-refractivity contribution in [3.63, 3.8) is 0 Å². The summed E-state index contributed by atoms with van der Waals surface area (Å²) < 4.78 is 15.0. The average molecular weight is 413 g/mol. The minimum atomic E-state index is -0.220. The van der Waals surface area contributed by atoms with Gasteiger partial charge in [0.15, 0.2) is 0 Å². The summed E-state index contributed by atoms with van der Waals surface area (Å²) in [6.07, 6.45) is 13.7. The molecule has 0 unspecified atom stereocenters. The summed E-state index contributed by atoms with van der Waals surface area (Å²) in [6, 6.07) is 18.2. The summed E-state index contributed by atoms with van der Waals surface area (Å²) in [5.74, 6) is 5.92. The van der Waals surface area contributed by atoms with Crippen molar-refractivity contribution in [3.8, 4) is 11.8 Å². The van der Waals surface area contributed by atoms with Crippen LogP contribution in [-0.4, -0.2) is 0 Å². The maximum atomic E-state index is 15.0. The second-order valence-corrected chi connectivity index (χ2v) is 8.20. The highest BCUT2D eigenvalue weighted by Gasteiger charge is 2.06. The molecule has 0 nitrogen and oxygen atoms in total. The Hall–Kier alpha value is -2.85. The summed E-state index contributed by atoms with van der Waals surface area (Å²) >= 11 is 0. The molecule has 31 heavy (non-hydrogen) atoms. The van der Waals surface area contributed by atoms with Gasteiger partial charge in [0.1, 0.15) is 5.82 Å². The highest BCUT2D eigenvalue weighted by Crippen LogP contribution is 2.23. The maximum absolute atomic E-state index is 15.0. The minimum absolute atomic E-state index is 0.220. The maximum Gasteiger partial charge on any atom is 0.146 e. The second-order valence-electron chi connectivity index (χ2n) is 8.20. The smallest absolute Gasteiger partial charge is 0.146 e. The van der Waals surface area contributed by atoms with Gasteiger partial charge in [0.2, 0.25) is 0 Å². The molecule has 0 heterocycles. The monoisotopic (exact) mass is 412 g/mol. The lowest BCUT2D eigenvalue weighted by molar-refractivity contribution is 0.631. The van der Waals surface area contributed by atoms with Crippen LogP contribution in [0.4, 0.5) is 4.39 Å². The van der Waals surface area contributed by atoms with Gasteiger partial charge < -0.3 is 0 Å². The van der Waals surface area contributed by atoms with E-state index >= 15 is 4.39 Å². The van der Waals surface area contributed by atoms with Gasteiger partial charge >= 0.3 is 0 Å². The Morgan fingerprint density at radius 1 is 0.806 bits per heavy atom. The molecule has 0 aliphatic heterocycles. The Bertz CT molecular complexity index is 1060. The van der Waals surface area contributed by atoms with E-state index in [0.29, 0.717) is 10.9 Å². The van der Waals surface area contributed by atoms with Gasteiger partial charge in [-0.1, -0.05) is 93.0 Å². The van der Waals surface area contributed by atoms with Gasteiger partial charge in [0.05, 0.1) is 5.56 Å². The van der Waals surface area contributed by atoms with E-state index in [1.165, 1.54) is 43.2 Å². The van der Waals surface area contributed by atoms with E-state index < -0.39 is 0 Å². The van der Waals surface area contributed by atoms with E-state index in [9.17, 15) is 0 Å². The fourth-order valence-corrected chi connectivity index (χ4v) is 3.84. The van der Waals surface area contributed by atoms with E-state index in [2.05, 4.69) is 55.2 Å². The molecule has 0 radical (unpaired) electrons. The molecule has 0 atom stereocenters. The molecule has 1 heteroatoms. The zero-order valence-corrected chi connectivity index (χ0v) is 18.9. The van der Waals surface area contributed by atoms with Gasteiger partial charge in [-0.3, -0.25) is 0 Å². The standard InChI is InChI=1S/C30H33F/c1-3-5-7-8-10-12-26-18-22-29-28(23-26)21-20-27(30(29)31)19-17-25-15-13-24(14-16-25)11-9-6-4-2/h4,6,13-16,18,20-23H,3,5,7-12H2,1-2H3/b6-4+. The van der Waals surface area contributed by atoms with Gasteiger partial charge in [-0.05, 0) is 67.3 Å². The molecular weight excluding hydrogens is 379 g/mol. The number of hydrogen-bond donors (Lipinski definition) is 0. The predicted molar refractivity (Wildman–Crippen MR) is 132 cm³/mol. The molecule has 0 saturated heterocycles. The van der Waals surface area contributed by atoms with Crippen LogP contribution >= 0.6 is 0 Å². The van der Waals surface area contributed by atoms with Crippen LogP contribution < -0.4 is 0 Å². The molecule has 160 valence electrons. The minimum Gasteiger partial charge on any atom is -0.205 e. The van der Waals surface area contributed by atoms with Crippen LogP contribution in [0, 0.1) is 17.7 Å². The Morgan fingerprint density at radius 2 is 1.58 bits per heavy atom. The summed E-state index contributed by atoms with van der Waals surface area (Å²) in [4.78, 5) is 0. The fraction of sp³-hybridized carbons (Fsp3) is 0.333. The summed E-state index contributed by atoms with van der Waals surface area (Å²) in [7, 11) is 0. The van der Waals surface area contributed by atoms with E-state index in [4.69, 9.17) is 0 Å². The number of halogens is 1. The normalized spacial score (nSPS) is 11.1. The molecule has 0 fully saturated rings. The third-order valence-electron chi connectivity index (χ3n) is 5.72. The molecule has 3 aromatic carbocycles. The number of rotatable bonds is 9. The molecule has 0 spiro atoms. The number of allylic oxidation sites excluding steroid dienone is 2. The lowest BCUT2D eigenvalue weighted by Crippen LogP contribution is -1.90. The average Bonchev–Trinajstić information content (AvgIpc) is 2.79. The van der Waals surface area contributed by atoms with Crippen molar-refractivity contribution in [1.82, 2.24) is 0 Å². The van der Waals surface area contributed by atoms with Crippen molar-refractivity contribution >= 4 is 10.8 Å². The third-order valence-corrected chi connectivity index (χ3v) is 5.72. The molecule has 0 N–H and O–H groups in total. The first-order valence-corrected chi connectivity index (χ1v) is 11.6. The Labute approximate surface area is 187 Å². The summed E-state index contributed by atoms with van der Waals surface area (Å²) in [5.41, 5.74) is 3.95. The molecule has 0 amide bonds.